The minimum absolute atomic E-state index is 0.00521. The van der Waals surface area contributed by atoms with Gasteiger partial charge >= 0.3 is 13.3 Å². The van der Waals surface area contributed by atoms with Crippen LogP contribution in [-0.4, -0.2) is 30.4 Å². The third kappa shape index (κ3) is 3.86. The van der Waals surface area contributed by atoms with Gasteiger partial charge in [0, 0.05) is 12.4 Å². The van der Waals surface area contributed by atoms with Crippen molar-refractivity contribution < 1.29 is 22.5 Å². The average molecular weight is 267 g/mol. The van der Waals surface area contributed by atoms with E-state index in [1.54, 1.807) is 0 Å². The van der Waals surface area contributed by atoms with E-state index in [1.807, 2.05) is 27.7 Å². The Labute approximate surface area is 106 Å². The summed E-state index contributed by atoms with van der Waals surface area (Å²) in [4.78, 5) is 0. The fraction of sp³-hybridized carbons (Fsp3) is 1.00. The van der Waals surface area contributed by atoms with Gasteiger partial charge in [0.25, 0.3) is 0 Å². The summed E-state index contributed by atoms with van der Waals surface area (Å²) in [6.45, 7) is 7.54. The molecule has 1 saturated heterocycles. The average Bonchev–Trinajstić information content (AvgIpc) is 2.33. The Morgan fingerprint density at radius 2 is 1.56 bits per heavy atom. The molecule has 0 radical (unpaired) electrons. The normalized spacial score (nSPS) is 24.3. The fourth-order valence-corrected chi connectivity index (χ4v) is 1.74. The summed E-state index contributed by atoms with van der Waals surface area (Å²) in [5.41, 5.74) is 4.83. The molecular weight excluding hydrogens is 246 g/mol. The van der Waals surface area contributed by atoms with E-state index in [0.717, 1.165) is 0 Å². The largest absolute Gasteiger partial charge is 0.475 e. The van der Waals surface area contributed by atoms with Gasteiger partial charge in [-0.05, 0) is 40.5 Å². The van der Waals surface area contributed by atoms with Crippen LogP contribution in [0.15, 0.2) is 0 Å². The van der Waals surface area contributed by atoms with Crippen molar-refractivity contribution >= 4 is 7.12 Å². The SMILES string of the molecule is CC1(C)OB([C@H](N)CCCC(F)(F)F)OC1(C)C. The summed E-state index contributed by atoms with van der Waals surface area (Å²) in [6, 6.07) is 0. The highest BCUT2D eigenvalue weighted by Crippen LogP contribution is 2.37. The van der Waals surface area contributed by atoms with Gasteiger partial charge in [-0.25, -0.2) is 0 Å². The van der Waals surface area contributed by atoms with Crippen LogP contribution in [0.4, 0.5) is 13.2 Å². The predicted molar refractivity (Wildman–Crippen MR) is 64.0 cm³/mol. The van der Waals surface area contributed by atoms with E-state index in [2.05, 4.69) is 0 Å². The van der Waals surface area contributed by atoms with E-state index in [9.17, 15) is 13.2 Å². The third-order valence-corrected chi connectivity index (χ3v) is 3.62. The van der Waals surface area contributed by atoms with Crippen molar-refractivity contribution in [3.8, 4) is 0 Å². The van der Waals surface area contributed by atoms with Crippen LogP contribution in [-0.2, 0) is 9.31 Å². The van der Waals surface area contributed by atoms with E-state index in [4.69, 9.17) is 15.0 Å². The lowest BCUT2D eigenvalue weighted by atomic mass is 9.76. The number of halogens is 3. The van der Waals surface area contributed by atoms with Crippen molar-refractivity contribution in [3.05, 3.63) is 0 Å². The van der Waals surface area contributed by atoms with Crippen LogP contribution in [0.5, 0.6) is 0 Å². The van der Waals surface area contributed by atoms with E-state index < -0.39 is 36.9 Å². The summed E-state index contributed by atoms with van der Waals surface area (Å²) in [5.74, 6) is -0.534. The molecular formula is C11H21BF3NO2. The highest BCUT2D eigenvalue weighted by Gasteiger charge is 2.52. The molecule has 2 N–H and O–H groups in total. The van der Waals surface area contributed by atoms with Gasteiger partial charge in [0.1, 0.15) is 0 Å². The first-order valence-corrected chi connectivity index (χ1v) is 6.13. The standard InChI is InChI=1S/C11H21BF3NO2/c1-9(2)10(3,4)18-12(17-9)8(16)6-5-7-11(13,14)15/h8H,5-7,16H2,1-4H3/t8-/m1/s1. The highest BCUT2D eigenvalue weighted by atomic mass is 19.4. The van der Waals surface area contributed by atoms with Gasteiger partial charge < -0.3 is 15.0 Å². The van der Waals surface area contributed by atoms with E-state index in [0.29, 0.717) is 0 Å². The van der Waals surface area contributed by atoms with Gasteiger partial charge in [-0.2, -0.15) is 13.2 Å². The maximum Gasteiger partial charge on any atom is 0.475 e. The monoisotopic (exact) mass is 267 g/mol. The van der Waals surface area contributed by atoms with Crippen molar-refractivity contribution in [2.75, 3.05) is 0 Å². The summed E-state index contributed by atoms with van der Waals surface area (Å²) >= 11 is 0. The van der Waals surface area contributed by atoms with E-state index in [-0.39, 0.29) is 12.8 Å². The van der Waals surface area contributed by atoms with Crippen molar-refractivity contribution in [2.45, 2.75) is 70.3 Å². The Balaban J connectivity index is 2.43. The van der Waals surface area contributed by atoms with Gasteiger partial charge in [0.15, 0.2) is 0 Å². The van der Waals surface area contributed by atoms with Crippen molar-refractivity contribution in [1.29, 1.82) is 0 Å². The molecule has 0 aliphatic carbocycles. The molecule has 0 saturated carbocycles. The van der Waals surface area contributed by atoms with Crippen LogP contribution < -0.4 is 5.73 Å². The lowest BCUT2D eigenvalue weighted by Gasteiger charge is -2.32. The van der Waals surface area contributed by atoms with Crippen molar-refractivity contribution in [3.63, 3.8) is 0 Å². The second-order valence-electron chi connectivity index (χ2n) is 5.80. The van der Waals surface area contributed by atoms with Gasteiger partial charge in [-0.1, -0.05) is 0 Å². The third-order valence-electron chi connectivity index (χ3n) is 3.62. The van der Waals surface area contributed by atoms with Crippen LogP contribution in [0, 0.1) is 0 Å². The first-order chi connectivity index (χ1) is 7.95. The number of rotatable bonds is 4. The second kappa shape index (κ2) is 5.02. The smallest absolute Gasteiger partial charge is 0.402 e. The first-order valence-electron chi connectivity index (χ1n) is 6.13. The van der Waals surface area contributed by atoms with Gasteiger partial charge in [0.05, 0.1) is 11.2 Å². The summed E-state index contributed by atoms with van der Waals surface area (Å²) in [5, 5.41) is 0. The minimum atomic E-state index is -4.13. The van der Waals surface area contributed by atoms with Crippen molar-refractivity contribution in [1.82, 2.24) is 0 Å². The summed E-state index contributed by atoms with van der Waals surface area (Å²) in [6.07, 6.45) is -4.72. The molecule has 18 heavy (non-hydrogen) atoms. The summed E-state index contributed by atoms with van der Waals surface area (Å²) in [7, 11) is -0.636. The zero-order valence-corrected chi connectivity index (χ0v) is 11.3. The molecule has 0 amide bonds. The molecule has 1 rings (SSSR count). The zero-order chi connectivity index (χ0) is 14.2. The molecule has 1 aliphatic rings. The molecule has 0 spiro atoms. The van der Waals surface area contributed by atoms with Gasteiger partial charge in [-0.3, -0.25) is 0 Å². The molecule has 1 fully saturated rings. The van der Waals surface area contributed by atoms with Crippen molar-refractivity contribution in [2.24, 2.45) is 5.73 Å². The van der Waals surface area contributed by atoms with Gasteiger partial charge in [-0.15, -0.1) is 0 Å². The molecule has 3 nitrogen and oxygen atoms in total. The van der Waals surface area contributed by atoms with Crippen LogP contribution in [0.2, 0.25) is 0 Å². The molecule has 1 aliphatic heterocycles. The number of hydrogen-bond donors (Lipinski definition) is 1. The summed E-state index contributed by atoms with van der Waals surface area (Å²) < 4.78 is 47.4. The van der Waals surface area contributed by atoms with Crippen LogP contribution in [0.3, 0.4) is 0 Å². The fourth-order valence-electron chi connectivity index (χ4n) is 1.74. The molecule has 0 aromatic carbocycles. The Kier molecular flexibility index (Phi) is 4.40. The molecule has 7 heteroatoms. The Morgan fingerprint density at radius 1 is 1.11 bits per heavy atom. The maximum absolute atomic E-state index is 12.0. The lowest BCUT2D eigenvalue weighted by Crippen LogP contribution is -2.41. The quantitative estimate of drug-likeness (QED) is 0.796. The van der Waals surface area contributed by atoms with E-state index in [1.165, 1.54) is 0 Å². The van der Waals surface area contributed by atoms with Crippen LogP contribution in [0.1, 0.15) is 47.0 Å². The number of hydrogen-bond acceptors (Lipinski definition) is 3. The molecule has 0 bridgehead atoms. The Hall–Kier alpha value is -0.265. The lowest BCUT2D eigenvalue weighted by molar-refractivity contribution is -0.135. The minimum Gasteiger partial charge on any atom is -0.402 e. The molecule has 1 heterocycles. The topological polar surface area (TPSA) is 44.5 Å². The maximum atomic E-state index is 12.0. The van der Waals surface area contributed by atoms with E-state index >= 15 is 0 Å². The predicted octanol–water partition coefficient (Wildman–Crippen LogP) is 2.68. The second-order valence-corrected chi connectivity index (χ2v) is 5.80. The zero-order valence-electron chi connectivity index (χ0n) is 11.3. The molecule has 0 aromatic rings. The van der Waals surface area contributed by atoms with Crippen LogP contribution >= 0.6 is 0 Å². The molecule has 106 valence electrons. The first kappa shape index (κ1) is 15.8. The van der Waals surface area contributed by atoms with Gasteiger partial charge in [0.2, 0.25) is 0 Å². The number of nitrogens with two attached hydrogens (primary N) is 1. The molecule has 0 unspecified atom stereocenters. The molecule has 0 aromatic heterocycles. The highest BCUT2D eigenvalue weighted by molar-refractivity contribution is 6.47. The molecule has 1 atom stereocenters. The Bertz CT molecular complexity index is 279. The van der Waals surface area contributed by atoms with Crippen LogP contribution in [0.25, 0.3) is 0 Å². The Morgan fingerprint density at radius 3 is 1.94 bits per heavy atom. The number of alkyl halides is 3.